The van der Waals surface area contributed by atoms with Crippen LogP contribution in [-0.2, 0) is 14.8 Å². The summed E-state index contributed by atoms with van der Waals surface area (Å²) in [5, 5.41) is 8.77. The highest BCUT2D eigenvalue weighted by molar-refractivity contribution is 7.89. The average molecular weight is 272 g/mol. The van der Waals surface area contributed by atoms with E-state index in [-0.39, 0.29) is 18.0 Å². The Morgan fingerprint density at radius 3 is 2.83 bits per heavy atom. The van der Waals surface area contributed by atoms with E-state index in [0.717, 1.165) is 6.07 Å². The van der Waals surface area contributed by atoms with Crippen molar-refractivity contribution in [2.24, 2.45) is 0 Å². The van der Waals surface area contributed by atoms with Crippen LogP contribution in [0.25, 0.3) is 0 Å². The van der Waals surface area contributed by atoms with Crippen molar-refractivity contribution in [1.29, 1.82) is 5.26 Å². The second kappa shape index (κ2) is 6.44. The van der Waals surface area contributed by atoms with Crippen LogP contribution < -0.4 is 4.72 Å². The van der Waals surface area contributed by atoms with E-state index in [2.05, 4.69) is 4.72 Å². The number of ether oxygens (including phenoxy) is 1. The molecule has 0 aromatic heterocycles. The molecule has 0 aliphatic rings. The minimum Gasteiger partial charge on any atom is -0.380 e. The van der Waals surface area contributed by atoms with Gasteiger partial charge in [-0.05, 0) is 19.1 Å². The van der Waals surface area contributed by atoms with Crippen LogP contribution in [0.5, 0.6) is 0 Å². The Hall–Kier alpha value is -1.49. The van der Waals surface area contributed by atoms with Crippen molar-refractivity contribution in [1.82, 2.24) is 4.72 Å². The maximum Gasteiger partial charge on any atom is 0.242 e. The molecule has 0 aliphatic carbocycles. The minimum atomic E-state index is -3.90. The molecule has 98 valence electrons. The van der Waals surface area contributed by atoms with Gasteiger partial charge in [0.15, 0.2) is 0 Å². The number of benzene rings is 1. The van der Waals surface area contributed by atoms with Crippen LogP contribution in [-0.4, -0.2) is 28.2 Å². The van der Waals surface area contributed by atoms with Gasteiger partial charge in [0.25, 0.3) is 0 Å². The Morgan fingerprint density at radius 1 is 1.50 bits per heavy atom. The van der Waals surface area contributed by atoms with Crippen LogP contribution in [0.3, 0.4) is 0 Å². The van der Waals surface area contributed by atoms with E-state index >= 15 is 0 Å². The van der Waals surface area contributed by atoms with Gasteiger partial charge in [-0.15, -0.1) is 0 Å². The number of hydrogen-bond acceptors (Lipinski definition) is 4. The molecule has 7 heteroatoms. The molecule has 0 fully saturated rings. The third-order valence-corrected chi connectivity index (χ3v) is 3.62. The van der Waals surface area contributed by atoms with E-state index in [1.54, 1.807) is 13.0 Å². The number of halogens is 1. The van der Waals surface area contributed by atoms with Gasteiger partial charge in [0, 0.05) is 13.2 Å². The number of nitrogens with one attached hydrogen (secondary N) is 1. The van der Waals surface area contributed by atoms with Crippen molar-refractivity contribution in [3.05, 3.63) is 29.6 Å². The van der Waals surface area contributed by atoms with Gasteiger partial charge < -0.3 is 4.74 Å². The van der Waals surface area contributed by atoms with Crippen LogP contribution in [0, 0.1) is 17.1 Å². The van der Waals surface area contributed by atoms with Crippen molar-refractivity contribution >= 4 is 10.0 Å². The first-order valence-corrected chi connectivity index (χ1v) is 6.77. The lowest BCUT2D eigenvalue weighted by atomic mass is 10.2. The van der Waals surface area contributed by atoms with E-state index in [4.69, 9.17) is 10.00 Å². The monoisotopic (exact) mass is 272 g/mol. The average Bonchev–Trinajstić information content (AvgIpc) is 2.34. The molecular formula is C11H13FN2O3S. The van der Waals surface area contributed by atoms with Crippen molar-refractivity contribution in [2.75, 3.05) is 19.8 Å². The molecule has 0 bridgehead atoms. The summed E-state index contributed by atoms with van der Waals surface area (Å²) in [7, 11) is -3.90. The smallest absolute Gasteiger partial charge is 0.242 e. The van der Waals surface area contributed by atoms with Crippen molar-refractivity contribution in [3.8, 4) is 6.07 Å². The molecule has 1 aromatic carbocycles. The zero-order chi connectivity index (χ0) is 13.6. The van der Waals surface area contributed by atoms with Crippen LogP contribution in [0.15, 0.2) is 23.1 Å². The van der Waals surface area contributed by atoms with E-state index in [9.17, 15) is 12.8 Å². The minimum absolute atomic E-state index is 0.0670. The fourth-order valence-electron chi connectivity index (χ4n) is 1.31. The van der Waals surface area contributed by atoms with Crippen LogP contribution in [0.2, 0.25) is 0 Å². The van der Waals surface area contributed by atoms with Crippen LogP contribution in [0.4, 0.5) is 4.39 Å². The second-order valence-corrected chi connectivity index (χ2v) is 5.05. The SMILES string of the molecule is CCOCCNS(=O)(=O)c1cccc(F)c1C#N. The number of nitrogens with zero attached hydrogens (tertiary/aromatic N) is 1. The van der Waals surface area contributed by atoms with Gasteiger partial charge >= 0.3 is 0 Å². The second-order valence-electron chi connectivity index (χ2n) is 3.32. The standard InChI is InChI=1S/C11H13FN2O3S/c1-2-17-7-6-14-18(15,16)11-5-3-4-10(12)9(11)8-13/h3-5,14H,2,6-7H2,1H3. The summed E-state index contributed by atoms with van der Waals surface area (Å²) in [4.78, 5) is -0.360. The number of sulfonamides is 1. The topological polar surface area (TPSA) is 79.2 Å². The summed E-state index contributed by atoms with van der Waals surface area (Å²) in [5.74, 6) is -0.856. The molecule has 0 spiro atoms. The van der Waals surface area contributed by atoms with Crippen molar-refractivity contribution in [2.45, 2.75) is 11.8 Å². The molecule has 18 heavy (non-hydrogen) atoms. The first-order chi connectivity index (χ1) is 8.53. The van der Waals surface area contributed by atoms with Crippen molar-refractivity contribution in [3.63, 3.8) is 0 Å². The molecular weight excluding hydrogens is 259 g/mol. The maximum atomic E-state index is 13.3. The van der Waals surface area contributed by atoms with E-state index < -0.39 is 21.4 Å². The highest BCUT2D eigenvalue weighted by atomic mass is 32.2. The molecule has 0 unspecified atom stereocenters. The zero-order valence-electron chi connectivity index (χ0n) is 9.81. The lowest BCUT2D eigenvalue weighted by Crippen LogP contribution is -2.28. The Labute approximate surface area is 105 Å². The summed E-state index contributed by atoms with van der Waals surface area (Å²) in [6, 6.07) is 5.01. The fraction of sp³-hybridized carbons (Fsp3) is 0.364. The first kappa shape index (κ1) is 14.6. The fourth-order valence-corrected chi connectivity index (χ4v) is 2.48. The highest BCUT2D eigenvalue weighted by Crippen LogP contribution is 2.17. The molecule has 1 N–H and O–H groups in total. The maximum absolute atomic E-state index is 13.3. The molecule has 1 aromatic rings. The molecule has 0 aliphatic heterocycles. The molecule has 0 radical (unpaired) electrons. The molecule has 1 rings (SSSR count). The normalized spacial score (nSPS) is 11.2. The van der Waals surface area contributed by atoms with Crippen LogP contribution >= 0.6 is 0 Å². The predicted octanol–water partition coefficient (Wildman–Crippen LogP) is 1.01. The van der Waals surface area contributed by atoms with E-state index in [1.807, 2.05) is 0 Å². The summed E-state index contributed by atoms with van der Waals surface area (Å²) in [6.45, 7) is 2.55. The summed E-state index contributed by atoms with van der Waals surface area (Å²) < 4.78 is 44.2. The largest absolute Gasteiger partial charge is 0.380 e. The number of nitriles is 1. The Balaban J connectivity index is 2.93. The third kappa shape index (κ3) is 3.50. The highest BCUT2D eigenvalue weighted by Gasteiger charge is 2.20. The molecule has 0 amide bonds. The van der Waals surface area contributed by atoms with E-state index in [1.165, 1.54) is 12.1 Å². The van der Waals surface area contributed by atoms with Gasteiger partial charge in [0.1, 0.15) is 22.3 Å². The summed E-state index contributed by atoms with van der Waals surface area (Å²) >= 11 is 0. The number of hydrogen-bond donors (Lipinski definition) is 1. The van der Waals surface area contributed by atoms with Gasteiger partial charge in [-0.2, -0.15) is 5.26 Å². The summed E-state index contributed by atoms with van der Waals surface area (Å²) in [5.41, 5.74) is -0.485. The lowest BCUT2D eigenvalue weighted by molar-refractivity contribution is 0.153. The zero-order valence-corrected chi connectivity index (χ0v) is 10.6. The van der Waals surface area contributed by atoms with Gasteiger partial charge in [-0.1, -0.05) is 6.07 Å². The predicted molar refractivity (Wildman–Crippen MR) is 62.8 cm³/mol. The molecule has 0 saturated carbocycles. The quantitative estimate of drug-likeness (QED) is 0.784. The Bertz CT molecular complexity index is 552. The lowest BCUT2D eigenvalue weighted by Gasteiger charge is -2.08. The molecule has 0 heterocycles. The van der Waals surface area contributed by atoms with Gasteiger partial charge in [0.05, 0.1) is 6.61 Å². The van der Waals surface area contributed by atoms with Crippen molar-refractivity contribution < 1.29 is 17.5 Å². The van der Waals surface area contributed by atoms with Gasteiger partial charge in [-0.25, -0.2) is 17.5 Å². The molecule has 5 nitrogen and oxygen atoms in total. The summed E-state index contributed by atoms with van der Waals surface area (Å²) in [6.07, 6.45) is 0. The third-order valence-electron chi connectivity index (χ3n) is 2.12. The number of rotatable bonds is 6. The van der Waals surface area contributed by atoms with Gasteiger partial charge in [-0.3, -0.25) is 0 Å². The first-order valence-electron chi connectivity index (χ1n) is 5.29. The van der Waals surface area contributed by atoms with Crippen LogP contribution in [0.1, 0.15) is 12.5 Å². The Morgan fingerprint density at radius 2 is 2.22 bits per heavy atom. The molecule has 0 saturated heterocycles. The molecule has 0 atom stereocenters. The van der Waals surface area contributed by atoms with Gasteiger partial charge in [0.2, 0.25) is 10.0 Å². The van der Waals surface area contributed by atoms with E-state index in [0.29, 0.717) is 6.61 Å². The Kier molecular flexibility index (Phi) is 5.22.